The third-order valence-corrected chi connectivity index (χ3v) is 6.54. The summed E-state index contributed by atoms with van der Waals surface area (Å²) >= 11 is 0. The third-order valence-electron chi connectivity index (χ3n) is 4.65. The van der Waals surface area contributed by atoms with Crippen molar-refractivity contribution in [1.82, 2.24) is 5.32 Å². The number of nitrogens with zero attached hydrogens (tertiary/aromatic N) is 1. The fourth-order valence-electron chi connectivity index (χ4n) is 3.46. The van der Waals surface area contributed by atoms with Gasteiger partial charge in [-0.1, -0.05) is 18.2 Å². The number of ether oxygens (including phenoxy) is 1. The molecule has 3 rings (SSSR count). The van der Waals surface area contributed by atoms with Crippen molar-refractivity contribution in [3.05, 3.63) is 29.8 Å². The quantitative estimate of drug-likeness (QED) is 0.880. The highest BCUT2D eigenvalue weighted by Gasteiger charge is 2.24. The van der Waals surface area contributed by atoms with Crippen molar-refractivity contribution in [3.8, 4) is 0 Å². The Kier molecular flexibility index (Phi) is 5.56. The van der Waals surface area contributed by atoms with E-state index in [0.29, 0.717) is 11.5 Å². The molecule has 1 aromatic carbocycles. The second-order valence-electron chi connectivity index (χ2n) is 6.48. The molecule has 5 nitrogen and oxygen atoms in total. The molecular weight excluding hydrogens is 312 g/mol. The molecule has 2 heterocycles. The smallest absolute Gasteiger partial charge is 0.150 e. The number of anilines is 1. The number of rotatable bonds is 5. The van der Waals surface area contributed by atoms with Gasteiger partial charge in [-0.15, -0.1) is 0 Å². The SMILES string of the molecule is O=S1(=O)CCCC(CNCc2ccccc2N2CCOCC2)C1. The zero-order chi connectivity index (χ0) is 16.1. The number of hydrogen-bond donors (Lipinski definition) is 1. The van der Waals surface area contributed by atoms with Crippen LogP contribution in [0, 0.1) is 5.92 Å². The predicted molar refractivity (Wildman–Crippen MR) is 92.6 cm³/mol. The van der Waals surface area contributed by atoms with Gasteiger partial charge >= 0.3 is 0 Å². The summed E-state index contributed by atoms with van der Waals surface area (Å²) in [6.07, 6.45) is 1.82. The van der Waals surface area contributed by atoms with E-state index in [2.05, 4.69) is 34.5 Å². The molecule has 0 radical (unpaired) electrons. The first-order valence-electron chi connectivity index (χ1n) is 8.46. The van der Waals surface area contributed by atoms with Crippen LogP contribution in [0.5, 0.6) is 0 Å². The molecule has 1 aromatic rings. The van der Waals surface area contributed by atoms with Crippen molar-refractivity contribution in [2.45, 2.75) is 19.4 Å². The van der Waals surface area contributed by atoms with Crippen molar-refractivity contribution in [1.29, 1.82) is 0 Å². The summed E-state index contributed by atoms with van der Waals surface area (Å²) in [5.74, 6) is 0.957. The first-order valence-corrected chi connectivity index (χ1v) is 10.3. The Balaban J connectivity index is 1.56. The lowest BCUT2D eigenvalue weighted by Crippen LogP contribution is -2.37. The Hall–Kier alpha value is -1.11. The summed E-state index contributed by atoms with van der Waals surface area (Å²) in [7, 11) is -2.81. The average Bonchev–Trinajstić information content (AvgIpc) is 2.55. The van der Waals surface area contributed by atoms with E-state index in [-0.39, 0.29) is 5.92 Å². The van der Waals surface area contributed by atoms with Gasteiger partial charge in [0.05, 0.1) is 24.7 Å². The van der Waals surface area contributed by atoms with E-state index >= 15 is 0 Å². The number of sulfone groups is 1. The molecule has 1 atom stereocenters. The molecule has 0 amide bonds. The van der Waals surface area contributed by atoms with E-state index in [0.717, 1.165) is 52.2 Å². The summed E-state index contributed by atoms with van der Waals surface area (Å²) in [6.45, 7) is 4.97. The van der Waals surface area contributed by atoms with Crippen molar-refractivity contribution in [3.63, 3.8) is 0 Å². The molecule has 0 saturated carbocycles. The molecule has 0 spiro atoms. The molecule has 2 fully saturated rings. The van der Waals surface area contributed by atoms with Gasteiger partial charge in [-0.05, 0) is 36.9 Å². The minimum Gasteiger partial charge on any atom is -0.378 e. The van der Waals surface area contributed by atoms with Crippen LogP contribution in [-0.2, 0) is 21.1 Å². The number of hydrogen-bond acceptors (Lipinski definition) is 5. The Bertz CT molecular complexity index is 612. The lowest BCUT2D eigenvalue weighted by Gasteiger charge is -2.31. The Labute approximate surface area is 138 Å². The van der Waals surface area contributed by atoms with Gasteiger partial charge in [-0.2, -0.15) is 0 Å². The van der Waals surface area contributed by atoms with E-state index in [1.165, 1.54) is 11.3 Å². The second-order valence-corrected chi connectivity index (χ2v) is 8.71. The first-order chi connectivity index (χ1) is 11.1. The topological polar surface area (TPSA) is 58.6 Å². The van der Waals surface area contributed by atoms with E-state index in [4.69, 9.17) is 4.74 Å². The molecule has 128 valence electrons. The number of para-hydroxylation sites is 1. The largest absolute Gasteiger partial charge is 0.378 e. The molecule has 0 aromatic heterocycles. The third kappa shape index (κ3) is 4.68. The molecule has 0 bridgehead atoms. The normalized spacial score (nSPS) is 24.5. The van der Waals surface area contributed by atoms with Crippen LogP contribution < -0.4 is 10.2 Å². The molecule has 6 heteroatoms. The van der Waals surface area contributed by atoms with Crippen LogP contribution in [0.25, 0.3) is 0 Å². The van der Waals surface area contributed by atoms with Crippen LogP contribution in [0.2, 0.25) is 0 Å². The van der Waals surface area contributed by atoms with E-state index < -0.39 is 9.84 Å². The van der Waals surface area contributed by atoms with Gasteiger partial charge in [0.2, 0.25) is 0 Å². The molecule has 2 saturated heterocycles. The van der Waals surface area contributed by atoms with Crippen LogP contribution in [0.3, 0.4) is 0 Å². The van der Waals surface area contributed by atoms with Gasteiger partial charge < -0.3 is 15.0 Å². The zero-order valence-corrected chi connectivity index (χ0v) is 14.4. The summed E-state index contributed by atoms with van der Waals surface area (Å²) in [4.78, 5) is 2.37. The number of benzene rings is 1. The minimum absolute atomic E-state index is 0.254. The summed E-state index contributed by atoms with van der Waals surface area (Å²) < 4.78 is 28.8. The fraction of sp³-hybridized carbons (Fsp3) is 0.647. The molecule has 1 N–H and O–H groups in total. The predicted octanol–water partition coefficient (Wildman–Crippen LogP) is 1.44. The highest BCUT2D eigenvalue weighted by molar-refractivity contribution is 7.91. The molecule has 2 aliphatic rings. The number of nitrogens with one attached hydrogen (secondary N) is 1. The summed E-state index contributed by atoms with van der Waals surface area (Å²) in [5, 5.41) is 3.47. The van der Waals surface area contributed by atoms with E-state index in [1.807, 2.05) is 0 Å². The van der Waals surface area contributed by atoms with Crippen LogP contribution in [0.4, 0.5) is 5.69 Å². The van der Waals surface area contributed by atoms with Gasteiger partial charge in [0.25, 0.3) is 0 Å². The van der Waals surface area contributed by atoms with Crippen LogP contribution in [0.1, 0.15) is 18.4 Å². The van der Waals surface area contributed by atoms with Gasteiger partial charge in [-0.25, -0.2) is 8.42 Å². The van der Waals surface area contributed by atoms with Gasteiger partial charge in [0.15, 0.2) is 9.84 Å². The lowest BCUT2D eigenvalue weighted by atomic mass is 10.1. The first kappa shape index (κ1) is 16.7. The second kappa shape index (κ2) is 7.64. The van der Waals surface area contributed by atoms with Crippen LogP contribution in [-0.4, -0.2) is 52.8 Å². The highest BCUT2D eigenvalue weighted by atomic mass is 32.2. The van der Waals surface area contributed by atoms with Crippen LogP contribution >= 0.6 is 0 Å². The van der Waals surface area contributed by atoms with Crippen molar-refractivity contribution >= 4 is 15.5 Å². The molecular formula is C17H26N2O3S. The van der Waals surface area contributed by atoms with Crippen molar-refractivity contribution < 1.29 is 13.2 Å². The Morgan fingerprint density at radius 3 is 2.78 bits per heavy atom. The minimum atomic E-state index is -2.81. The highest BCUT2D eigenvalue weighted by Crippen LogP contribution is 2.22. The lowest BCUT2D eigenvalue weighted by molar-refractivity contribution is 0.122. The van der Waals surface area contributed by atoms with Gasteiger partial charge in [-0.3, -0.25) is 0 Å². The van der Waals surface area contributed by atoms with Crippen molar-refractivity contribution in [2.75, 3.05) is 49.3 Å². The molecule has 0 aliphatic carbocycles. The molecule has 2 aliphatic heterocycles. The average molecular weight is 338 g/mol. The maximum atomic E-state index is 11.7. The van der Waals surface area contributed by atoms with E-state index in [1.54, 1.807) is 0 Å². The maximum Gasteiger partial charge on any atom is 0.150 e. The Morgan fingerprint density at radius 1 is 1.22 bits per heavy atom. The monoisotopic (exact) mass is 338 g/mol. The maximum absolute atomic E-state index is 11.7. The molecule has 1 unspecified atom stereocenters. The van der Waals surface area contributed by atoms with Crippen molar-refractivity contribution in [2.24, 2.45) is 5.92 Å². The van der Waals surface area contributed by atoms with Gasteiger partial charge in [0, 0.05) is 25.3 Å². The zero-order valence-electron chi connectivity index (χ0n) is 13.5. The number of morpholine rings is 1. The summed E-state index contributed by atoms with van der Waals surface area (Å²) in [5.41, 5.74) is 2.53. The Morgan fingerprint density at radius 2 is 2.00 bits per heavy atom. The fourth-order valence-corrected chi connectivity index (χ4v) is 5.24. The molecule has 23 heavy (non-hydrogen) atoms. The standard InChI is InChI=1S/C17H26N2O3S/c20-23(21)11-3-4-15(14-23)12-18-13-16-5-1-2-6-17(16)19-7-9-22-10-8-19/h1-2,5-6,15,18H,3-4,7-14H2. The van der Waals surface area contributed by atoms with Gasteiger partial charge in [0.1, 0.15) is 0 Å². The van der Waals surface area contributed by atoms with Crippen LogP contribution in [0.15, 0.2) is 24.3 Å². The summed E-state index contributed by atoms with van der Waals surface area (Å²) in [6, 6.07) is 8.44. The van der Waals surface area contributed by atoms with E-state index in [9.17, 15) is 8.42 Å².